The molecule has 0 spiro atoms. The molecule has 0 saturated carbocycles. The number of halogens is 2. The number of carbonyl (C=O) groups is 1. The van der Waals surface area contributed by atoms with Crippen molar-refractivity contribution >= 4 is 15.9 Å². The molecule has 1 amide bonds. The van der Waals surface area contributed by atoms with E-state index in [1.165, 1.54) is 0 Å². The predicted molar refractivity (Wildman–Crippen MR) is 48.7 cm³/mol. The molecule has 0 saturated heterocycles. The van der Waals surface area contributed by atoms with E-state index in [0.29, 0.717) is 6.07 Å². The molecule has 7 heteroatoms. The maximum Gasteiger partial charge on any atom is 0.264 e. The van der Waals surface area contributed by atoms with E-state index in [0.717, 1.165) is 18.4 Å². The van der Waals surface area contributed by atoms with Crippen LogP contribution in [0, 0.1) is 11.6 Å². The smallest absolute Gasteiger partial charge is 0.264 e. The number of carbonyl (C=O) groups excluding carboxylic acids is 1. The third-order valence-electron chi connectivity index (χ3n) is 1.46. The fourth-order valence-corrected chi connectivity index (χ4v) is 1.32. The van der Waals surface area contributed by atoms with Crippen molar-refractivity contribution in [3.63, 3.8) is 0 Å². The van der Waals surface area contributed by atoms with Crippen molar-refractivity contribution in [2.75, 3.05) is 6.26 Å². The summed E-state index contributed by atoms with van der Waals surface area (Å²) in [5.74, 6) is -3.32. The maximum atomic E-state index is 12.7. The van der Waals surface area contributed by atoms with Crippen molar-refractivity contribution in [1.82, 2.24) is 4.72 Å². The summed E-state index contributed by atoms with van der Waals surface area (Å²) in [7, 11) is -3.71. The van der Waals surface area contributed by atoms with Crippen LogP contribution in [0.3, 0.4) is 0 Å². The Labute approximate surface area is 85.0 Å². The second-order valence-electron chi connectivity index (χ2n) is 2.83. The van der Waals surface area contributed by atoms with Crippen LogP contribution in [0.4, 0.5) is 8.78 Å². The lowest BCUT2D eigenvalue weighted by molar-refractivity contribution is 0.0981. The monoisotopic (exact) mass is 235 g/mol. The lowest BCUT2D eigenvalue weighted by Crippen LogP contribution is -2.29. The number of benzene rings is 1. The maximum absolute atomic E-state index is 12.7. The van der Waals surface area contributed by atoms with Gasteiger partial charge < -0.3 is 0 Å². The van der Waals surface area contributed by atoms with Crippen molar-refractivity contribution in [3.05, 3.63) is 35.4 Å². The molecule has 82 valence electrons. The van der Waals surface area contributed by atoms with Gasteiger partial charge in [0.25, 0.3) is 5.91 Å². The Morgan fingerprint density at radius 3 is 2.33 bits per heavy atom. The molecule has 0 aliphatic carbocycles. The van der Waals surface area contributed by atoms with Gasteiger partial charge in [-0.05, 0) is 18.2 Å². The largest absolute Gasteiger partial charge is 0.268 e. The van der Waals surface area contributed by atoms with Crippen LogP contribution in [0.5, 0.6) is 0 Å². The molecule has 1 aromatic rings. The Balaban J connectivity index is 2.98. The van der Waals surface area contributed by atoms with E-state index in [1.54, 1.807) is 4.72 Å². The first kappa shape index (κ1) is 11.6. The van der Waals surface area contributed by atoms with Gasteiger partial charge >= 0.3 is 0 Å². The zero-order valence-electron chi connectivity index (χ0n) is 7.62. The molecule has 0 radical (unpaired) electrons. The van der Waals surface area contributed by atoms with Gasteiger partial charge in [-0.15, -0.1) is 0 Å². The first-order valence-corrected chi connectivity index (χ1v) is 5.66. The molecule has 0 aliphatic rings. The third kappa shape index (κ3) is 3.28. The molecule has 1 rings (SSSR count). The summed E-state index contributed by atoms with van der Waals surface area (Å²) in [5, 5.41) is 0. The lowest BCUT2D eigenvalue weighted by Gasteiger charge is -2.02. The first-order valence-electron chi connectivity index (χ1n) is 3.77. The quantitative estimate of drug-likeness (QED) is 0.818. The fourth-order valence-electron chi connectivity index (χ4n) is 0.865. The fraction of sp³-hybridized carbons (Fsp3) is 0.125. The number of hydrogen-bond acceptors (Lipinski definition) is 3. The molecule has 15 heavy (non-hydrogen) atoms. The van der Waals surface area contributed by atoms with Gasteiger partial charge in [0.05, 0.1) is 6.26 Å². The molecule has 0 unspecified atom stereocenters. The first-order chi connectivity index (χ1) is 6.79. The molecule has 0 aliphatic heterocycles. The number of amides is 1. The number of hydrogen-bond donors (Lipinski definition) is 1. The van der Waals surface area contributed by atoms with Crippen molar-refractivity contribution in [2.24, 2.45) is 0 Å². The molecule has 1 aromatic carbocycles. The Hall–Kier alpha value is -1.50. The average molecular weight is 235 g/mol. The van der Waals surface area contributed by atoms with Gasteiger partial charge in [-0.2, -0.15) is 0 Å². The van der Waals surface area contributed by atoms with Crippen LogP contribution in [0.2, 0.25) is 0 Å². The Morgan fingerprint density at radius 1 is 1.27 bits per heavy atom. The molecule has 1 N–H and O–H groups in total. The predicted octanol–water partition coefficient (Wildman–Crippen LogP) is 0.654. The zero-order valence-corrected chi connectivity index (χ0v) is 8.44. The average Bonchev–Trinajstić information content (AvgIpc) is 2.06. The van der Waals surface area contributed by atoms with Crippen molar-refractivity contribution < 1.29 is 22.0 Å². The van der Waals surface area contributed by atoms with Crippen LogP contribution in [-0.2, 0) is 10.0 Å². The summed E-state index contributed by atoms with van der Waals surface area (Å²) in [6.45, 7) is 0. The van der Waals surface area contributed by atoms with Gasteiger partial charge in [0, 0.05) is 5.56 Å². The van der Waals surface area contributed by atoms with Gasteiger partial charge in [-0.25, -0.2) is 21.9 Å². The standard InChI is InChI=1S/C8H7F2NO3S/c1-15(13,14)11-8(12)5-2-3-6(9)7(10)4-5/h2-4H,1H3,(H,11,12). The summed E-state index contributed by atoms with van der Waals surface area (Å²) < 4.78 is 48.1. The van der Waals surface area contributed by atoms with Gasteiger partial charge in [-0.3, -0.25) is 4.79 Å². The van der Waals surface area contributed by atoms with E-state index in [2.05, 4.69) is 0 Å². The number of sulfonamides is 1. The van der Waals surface area contributed by atoms with Gasteiger partial charge in [0.1, 0.15) is 0 Å². The normalized spacial score (nSPS) is 11.1. The molecule has 0 heterocycles. The van der Waals surface area contributed by atoms with E-state index in [4.69, 9.17) is 0 Å². The molecule has 4 nitrogen and oxygen atoms in total. The third-order valence-corrected chi connectivity index (χ3v) is 2.02. The van der Waals surface area contributed by atoms with Crippen molar-refractivity contribution in [2.45, 2.75) is 0 Å². The van der Waals surface area contributed by atoms with Crippen LogP contribution in [-0.4, -0.2) is 20.6 Å². The SMILES string of the molecule is CS(=O)(=O)NC(=O)c1ccc(F)c(F)c1. The van der Waals surface area contributed by atoms with E-state index in [1.807, 2.05) is 0 Å². The van der Waals surface area contributed by atoms with Crippen molar-refractivity contribution in [1.29, 1.82) is 0 Å². The van der Waals surface area contributed by atoms with Crippen LogP contribution >= 0.6 is 0 Å². The summed E-state index contributed by atoms with van der Waals surface area (Å²) in [4.78, 5) is 11.1. The number of nitrogens with one attached hydrogen (secondary N) is 1. The topological polar surface area (TPSA) is 63.2 Å². The molecular weight excluding hydrogens is 228 g/mol. The molecular formula is C8H7F2NO3S. The highest BCUT2D eigenvalue weighted by Crippen LogP contribution is 2.08. The highest BCUT2D eigenvalue weighted by molar-refractivity contribution is 7.89. The van der Waals surface area contributed by atoms with E-state index >= 15 is 0 Å². The minimum Gasteiger partial charge on any atom is -0.268 e. The van der Waals surface area contributed by atoms with Gasteiger partial charge in [0.15, 0.2) is 11.6 Å². The van der Waals surface area contributed by atoms with E-state index < -0.39 is 27.6 Å². The highest BCUT2D eigenvalue weighted by Gasteiger charge is 2.13. The van der Waals surface area contributed by atoms with Crippen LogP contribution < -0.4 is 4.72 Å². The lowest BCUT2D eigenvalue weighted by atomic mass is 10.2. The summed E-state index contributed by atoms with van der Waals surface area (Å²) >= 11 is 0. The van der Waals surface area contributed by atoms with Crippen LogP contribution in [0.25, 0.3) is 0 Å². The van der Waals surface area contributed by atoms with Crippen LogP contribution in [0.15, 0.2) is 18.2 Å². The van der Waals surface area contributed by atoms with E-state index in [-0.39, 0.29) is 5.56 Å². The van der Waals surface area contributed by atoms with Gasteiger partial charge in [-0.1, -0.05) is 0 Å². The zero-order chi connectivity index (χ0) is 11.6. The Morgan fingerprint density at radius 2 is 1.87 bits per heavy atom. The molecule has 0 aromatic heterocycles. The molecule has 0 fully saturated rings. The second-order valence-corrected chi connectivity index (χ2v) is 4.58. The van der Waals surface area contributed by atoms with Gasteiger partial charge in [0.2, 0.25) is 10.0 Å². The Kier molecular flexibility index (Phi) is 3.04. The van der Waals surface area contributed by atoms with Crippen LogP contribution in [0.1, 0.15) is 10.4 Å². The Bertz CT molecular complexity index is 499. The minimum absolute atomic E-state index is 0.265. The summed E-state index contributed by atoms with van der Waals surface area (Å²) in [6.07, 6.45) is 0.783. The molecule has 0 bridgehead atoms. The minimum atomic E-state index is -3.71. The highest BCUT2D eigenvalue weighted by atomic mass is 32.2. The summed E-state index contributed by atoms with van der Waals surface area (Å²) in [5.41, 5.74) is -0.265. The molecule has 0 atom stereocenters. The summed E-state index contributed by atoms with van der Waals surface area (Å²) in [6, 6.07) is 2.35. The second kappa shape index (κ2) is 3.93. The number of rotatable bonds is 2. The van der Waals surface area contributed by atoms with Crippen molar-refractivity contribution in [3.8, 4) is 0 Å². The van der Waals surface area contributed by atoms with E-state index in [9.17, 15) is 22.0 Å².